The smallest absolute Gasteiger partial charge is 0.230 e. The number of amides is 1. The summed E-state index contributed by atoms with van der Waals surface area (Å²) in [5.74, 6) is 1.51. The standard InChI is InChI=1S/C26H35NO5S/c1-17-6-8-20(9-7-17)25(29)27(21(15-30-4)16-31-5)24-11-10-22(12-18(24)2)32-26-19(3)13-23(14-28)33-26/h10-14,17,20-21H,6-9,15-16H2,1-5H3. The van der Waals surface area contributed by atoms with Crippen LogP contribution in [0.25, 0.3) is 0 Å². The summed E-state index contributed by atoms with van der Waals surface area (Å²) in [6.45, 7) is 6.95. The molecule has 1 aliphatic rings. The van der Waals surface area contributed by atoms with E-state index in [2.05, 4.69) is 6.92 Å². The number of anilines is 1. The third-order valence-corrected chi connectivity index (χ3v) is 7.37. The van der Waals surface area contributed by atoms with Crippen molar-refractivity contribution < 1.29 is 23.8 Å². The Morgan fingerprint density at radius 2 is 1.76 bits per heavy atom. The summed E-state index contributed by atoms with van der Waals surface area (Å²) >= 11 is 1.32. The zero-order chi connectivity index (χ0) is 24.0. The first-order chi connectivity index (χ1) is 15.9. The maximum atomic E-state index is 13.8. The van der Waals surface area contributed by atoms with Crippen molar-refractivity contribution in [3.63, 3.8) is 0 Å². The van der Waals surface area contributed by atoms with Crippen molar-refractivity contribution in [1.29, 1.82) is 0 Å². The number of nitrogens with zero attached hydrogens (tertiary/aromatic N) is 1. The summed E-state index contributed by atoms with van der Waals surface area (Å²) in [6, 6.07) is 7.36. The molecule has 1 saturated carbocycles. The molecule has 0 atom stereocenters. The van der Waals surface area contributed by atoms with Crippen LogP contribution in [0.15, 0.2) is 24.3 Å². The average molecular weight is 474 g/mol. The number of methoxy groups -OCH3 is 2. The highest BCUT2D eigenvalue weighted by Crippen LogP contribution is 2.37. The highest BCUT2D eigenvalue weighted by atomic mass is 32.1. The quantitative estimate of drug-likeness (QED) is 0.409. The third kappa shape index (κ3) is 6.22. The van der Waals surface area contributed by atoms with Crippen molar-refractivity contribution in [3.8, 4) is 10.8 Å². The maximum Gasteiger partial charge on any atom is 0.230 e. The summed E-state index contributed by atoms with van der Waals surface area (Å²) in [7, 11) is 3.29. The third-order valence-electron chi connectivity index (χ3n) is 6.33. The largest absolute Gasteiger partial charge is 0.446 e. The Kier molecular flexibility index (Phi) is 9.06. The molecule has 0 radical (unpaired) electrons. The van der Waals surface area contributed by atoms with Crippen LogP contribution in [0, 0.1) is 25.7 Å². The molecule has 1 fully saturated rings. The van der Waals surface area contributed by atoms with Crippen molar-refractivity contribution in [2.24, 2.45) is 11.8 Å². The Hall–Kier alpha value is -2.22. The number of ether oxygens (including phenoxy) is 3. The molecule has 0 N–H and O–H groups in total. The van der Waals surface area contributed by atoms with Gasteiger partial charge in [0.25, 0.3) is 0 Å². The fourth-order valence-corrected chi connectivity index (χ4v) is 5.35. The number of rotatable bonds is 10. The van der Waals surface area contributed by atoms with Crippen molar-refractivity contribution in [1.82, 2.24) is 0 Å². The fraction of sp³-hybridized carbons (Fsp3) is 0.538. The molecule has 6 nitrogen and oxygen atoms in total. The van der Waals surface area contributed by atoms with Crippen LogP contribution >= 0.6 is 11.3 Å². The minimum atomic E-state index is -0.216. The average Bonchev–Trinajstić information content (AvgIpc) is 3.15. The molecule has 2 aromatic rings. The van der Waals surface area contributed by atoms with Gasteiger partial charge < -0.3 is 19.1 Å². The van der Waals surface area contributed by atoms with Gasteiger partial charge in [-0.1, -0.05) is 18.3 Å². The molecule has 1 aromatic carbocycles. The van der Waals surface area contributed by atoms with E-state index in [1.807, 2.05) is 43.0 Å². The Morgan fingerprint density at radius 3 is 2.30 bits per heavy atom. The zero-order valence-electron chi connectivity index (χ0n) is 20.3. The van der Waals surface area contributed by atoms with Crippen LogP contribution in [0.2, 0.25) is 0 Å². The van der Waals surface area contributed by atoms with Gasteiger partial charge in [-0.05, 0) is 75.3 Å². The molecule has 0 spiro atoms. The Bertz CT molecular complexity index is 942. The topological polar surface area (TPSA) is 65.1 Å². The van der Waals surface area contributed by atoms with E-state index < -0.39 is 0 Å². The van der Waals surface area contributed by atoms with Gasteiger partial charge in [0.2, 0.25) is 5.91 Å². The number of thiophene rings is 1. The second-order valence-electron chi connectivity index (χ2n) is 9.02. The van der Waals surface area contributed by atoms with E-state index in [1.54, 1.807) is 14.2 Å². The van der Waals surface area contributed by atoms with Gasteiger partial charge in [0, 0.05) is 31.4 Å². The highest BCUT2D eigenvalue weighted by molar-refractivity contribution is 7.15. The molecule has 1 aliphatic carbocycles. The molecule has 7 heteroatoms. The molecule has 0 aliphatic heterocycles. The van der Waals surface area contributed by atoms with Crippen LogP contribution in [-0.4, -0.2) is 45.7 Å². The summed E-state index contributed by atoms with van der Waals surface area (Å²) in [4.78, 5) is 27.4. The van der Waals surface area contributed by atoms with Crippen LogP contribution in [0.5, 0.6) is 10.8 Å². The number of hydrogen-bond donors (Lipinski definition) is 0. The van der Waals surface area contributed by atoms with E-state index in [1.165, 1.54) is 11.3 Å². The van der Waals surface area contributed by atoms with Gasteiger partial charge in [0.05, 0.1) is 24.1 Å². The van der Waals surface area contributed by atoms with Crippen LogP contribution in [0.3, 0.4) is 0 Å². The van der Waals surface area contributed by atoms with Crippen molar-refractivity contribution in [2.45, 2.75) is 52.5 Å². The van der Waals surface area contributed by atoms with Crippen LogP contribution in [0.4, 0.5) is 5.69 Å². The molecule has 33 heavy (non-hydrogen) atoms. The molecular formula is C26H35NO5S. The predicted molar refractivity (Wildman–Crippen MR) is 132 cm³/mol. The van der Waals surface area contributed by atoms with Gasteiger partial charge in [-0.3, -0.25) is 9.59 Å². The first-order valence-corrected chi connectivity index (χ1v) is 12.3. The minimum absolute atomic E-state index is 0.0169. The summed E-state index contributed by atoms with van der Waals surface area (Å²) in [5.41, 5.74) is 2.71. The lowest BCUT2D eigenvalue weighted by Crippen LogP contribution is -2.49. The lowest BCUT2D eigenvalue weighted by Gasteiger charge is -2.36. The molecule has 1 heterocycles. The van der Waals surface area contributed by atoms with Crippen LogP contribution < -0.4 is 9.64 Å². The molecule has 0 unspecified atom stereocenters. The maximum absolute atomic E-state index is 13.8. The van der Waals surface area contributed by atoms with E-state index >= 15 is 0 Å². The highest BCUT2D eigenvalue weighted by Gasteiger charge is 2.33. The van der Waals surface area contributed by atoms with E-state index in [0.717, 1.165) is 48.8 Å². The second kappa shape index (κ2) is 11.8. The van der Waals surface area contributed by atoms with E-state index in [9.17, 15) is 9.59 Å². The predicted octanol–water partition coefficient (Wildman–Crippen LogP) is 5.79. The minimum Gasteiger partial charge on any atom is -0.446 e. The summed E-state index contributed by atoms with van der Waals surface area (Å²) in [5, 5.41) is 0.699. The van der Waals surface area contributed by atoms with E-state index in [-0.39, 0.29) is 17.9 Å². The van der Waals surface area contributed by atoms with Gasteiger partial charge in [-0.15, -0.1) is 0 Å². The fourth-order valence-electron chi connectivity index (χ4n) is 4.50. The van der Waals surface area contributed by atoms with Gasteiger partial charge in [-0.2, -0.15) is 0 Å². The monoisotopic (exact) mass is 473 g/mol. The summed E-state index contributed by atoms with van der Waals surface area (Å²) < 4.78 is 17.0. The number of aryl methyl sites for hydroxylation is 2. The lowest BCUT2D eigenvalue weighted by atomic mass is 9.82. The molecule has 3 rings (SSSR count). The first-order valence-electron chi connectivity index (χ1n) is 11.5. The number of carbonyl (C=O) groups excluding carboxylic acids is 2. The lowest BCUT2D eigenvalue weighted by molar-refractivity contribution is -0.124. The molecule has 0 saturated heterocycles. The van der Waals surface area contributed by atoms with Gasteiger partial charge in [-0.25, -0.2) is 0 Å². The molecule has 180 valence electrons. The Morgan fingerprint density at radius 1 is 1.09 bits per heavy atom. The van der Waals surface area contributed by atoms with Crippen molar-refractivity contribution in [2.75, 3.05) is 32.3 Å². The number of hydrogen-bond acceptors (Lipinski definition) is 6. The number of carbonyl (C=O) groups is 2. The molecule has 0 bridgehead atoms. The van der Waals surface area contributed by atoms with Gasteiger partial charge in [0.1, 0.15) is 5.75 Å². The van der Waals surface area contributed by atoms with Crippen LogP contribution in [-0.2, 0) is 14.3 Å². The zero-order valence-corrected chi connectivity index (χ0v) is 21.1. The number of aldehydes is 1. The Balaban J connectivity index is 1.90. The second-order valence-corrected chi connectivity index (χ2v) is 10.1. The first kappa shape index (κ1) is 25.4. The van der Waals surface area contributed by atoms with Crippen LogP contribution in [0.1, 0.15) is 53.4 Å². The number of benzene rings is 1. The van der Waals surface area contributed by atoms with E-state index in [0.29, 0.717) is 34.8 Å². The molecular weight excluding hydrogens is 438 g/mol. The normalized spacial score (nSPS) is 18.4. The van der Waals surface area contributed by atoms with Crippen molar-refractivity contribution >= 4 is 29.2 Å². The molecule has 1 amide bonds. The summed E-state index contributed by atoms with van der Waals surface area (Å²) in [6.07, 6.45) is 4.83. The van der Waals surface area contributed by atoms with Gasteiger partial charge in [0.15, 0.2) is 11.3 Å². The SMILES string of the molecule is COCC(COC)N(C(=O)C1CCC(C)CC1)c1ccc(Oc2sc(C=O)cc2C)cc1C. The Labute approximate surface area is 200 Å². The molecule has 1 aromatic heterocycles. The van der Waals surface area contributed by atoms with Gasteiger partial charge >= 0.3 is 0 Å². The van der Waals surface area contributed by atoms with Crippen molar-refractivity contribution in [3.05, 3.63) is 40.3 Å². The van der Waals surface area contributed by atoms with E-state index in [4.69, 9.17) is 14.2 Å².